The minimum Gasteiger partial charge on any atom is -0.392 e. The molecular formula is C28H39N3O3S. The fourth-order valence-electron chi connectivity index (χ4n) is 6.77. The van der Waals surface area contributed by atoms with Crippen molar-refractivity contribution in [3.05, 3.63) is 40.9 Å². The van der Waals surface area contributed by atoms with Crippen LogP contribution in [0.4, 0.5) is 0 Å². The van der Waals surface area contributed by atoms with Gasteiger partial charge in [0.05, 0.1) is 25.0 Å². The average molecular weight is 498 g/mol. The minimum absolute atomic E-state index is 0.0207. The number of carbonyl (C=O) groups is 1. The molecule has 0 unspecified atom stereocenters. The van der Waals surface area contributed by atoms with E-state index in [4.69, 9.17) is 9.72 Å². The minimum atomic E-state index is -0.501. The molecular weight excluding hydrogens is 458 g/mol. The van der Waals surface area contributed by atoms with Crippen LogP contribution in [0.5, 0.6) is 0 Å². The lowest BCUT2D eigenvalue weighted by atomic mass is 9.53. The number of aliphatic hydroxyl groups excluding tert-OH is 1. The number of aromatic nitrogens is 1. The Bertz CT molecular complexity index is 1020. The van der Waals surface area contributed by atoms with Crippen LogP contribution in [0.15, 0.2) is 30.3 Å². The summed E-state index contributed by atoms with van der Waals surface area (Å²) in [6.07, 6.45) is 2.39. The average Bonchev–Trinajstić information content (AvgIpc) is 3.29. The number of hydrogen-bond acceptors (Lipinski definition) is 6. The van der Waals surface area contributed by atoms with Gasteiger partial charge in [0.25, 0.3) is 0 Å². The molecule has 2 aromatic rings. The molecule has 2 aliphatic carbocycles. The number of amides is 1. The van der Waals surface area contributed by atoms with Crippen molar-refractivity contribution >= 4 is 17.2 Å². The van der Waals surface area contributed by atoms with Crippen molar-refractivity contribution in [3.8, 4) is 10.6 Å². The molecule has 1 aliphatic heterocycles. The second-order valence-corrected chi connectivity index (χ2v) is 12.1. The van der Waals surface area contributed by atoms with E-state index in [1.165, 1.54) is 4.88 Å². The van der Waals surface area contributed by atoms with Crippen molar-refractivity contribution in [3.63, 3.8) is 0 Å². The van der Waals surface area contributed by atoms with Crippen LogP contribution in [0.25, 0.3) is 10.6 Å². The Labute approximate surface area is 213 Å². The van der Waals surface area contributed by atoms with E-state index in [2.05, 4.69) is 48.3 Å². The second-order valence-electron chi connectivity index (χ2n) is 11.1. The highest BCUT2D eigenvalue weighted by Crippen LogP contribution is 2.57. The number of ether oxygens (including phenoxy) is 1. The summed E-state index contributed by atoms with van der Waals surface area (Å²) in [5, 5.41) is 15.9. The number of nitrogens with one attached hydrogen (secondary N) is 1. The number of carbonyl (C=O) groups excluding carboxylic acids is 1. The number of thiazole rings is 1. The molecule has 1 amide bonds. The fraction of sp³-hybridized carbons (Fsp3) is 0.643. The van der Waals surface area contributed by atoms with Gasteiger partial charge in [-0.05, 0) is 36.5 Å². The zero-order valence-electron chi connectivity index (χ0n) is 21.2. The molecule has 1 saturated heterocycles. The molecule has 1 aromatic heterocycles. The predicted octanol–water partition coefficient (Wildman–Crippen LogP) is 3.95. The van der Waals surface area contributed by atoms with Crippen LogP contribution < -0.4 is 5.32 Å². The van der Waals surface area contributed by atoms with Gasteiger partial charge in [0.2, 0.25) is 5.91 Å². The van der Waals surface area contributed by atoms with Crippen LogP contribution in [-0.4, -0.2) is 66.4 Å². The van der Waals surface area contributed by atoms with E-state index in [1.54, 1.807) is 0 Å². The van der Waals surface area contributed by atoms with Gasteiger partial charge in [-0.25, -0.2) is 4.98 Å². The molecule has 2 fully saturated rings. The number of aliphatic hydroxyl groups is 1. The molecule has 2 heterocycles. The summed E-state index contributed by atoms with van der Waals surface area (Å²) in [5.41, 5.74) is 2.35. The first kappa shape index (κ1) is 24.9. The van der Waals surface area contributed by atoms with Crippen LogP contribution in [0, 0.1) is 23.2 Å². The highest BCUT2D eigenvalue weighted by atomic mass is 32.1. The number of nitrogens with zero attached hydrogens (tertiary/aromatic N) is 2. The van der Waals surface area contributed by atoms with Gasteiger partial charge in [-0.2, -0.15) is 0 Å². The Kier molecular flexibility index (Phi) is 7.31. The van der Waals surface area contributed by atoms with E-state index in [-0.39, 0.29) is 35.0 Å². The molecule has 35 heavy (non-hydrogen) atoms. The van der Waals surface area contributed by atoms with Gasteiger partial charge < -0.3 is 15.2 Å². The zero-order valence-corrected chi connectivity index (χ0v) is 22.0. The Balaban J connectivity index is 1.27. The zero-order chi connectivity index (χ0) is 24.6. The maximum atomic E-state index is 13.0. The molecule has 2 N–H and O–H groups in total. The molecule has 5 rings (SSSR count). The molecule has 190 valence electrons. The van der Waals surface area contributed by atoms with Gasteiger partial charge in [-0.1, -0.05) is 51.1 Å². The number of rotatable bonds is 6. The van der Waals surface area contributed by atoms with Crippen molar-refractivity contribution in [2.24, 2.45) is 23.2 Å². The highest BCUT2D eigenvalue weighted by molar-refractivity contribution is 7.15. The Morgan fingerprint density at radius 1 is 1.31 bits per heavy atom. The molecule has 3 aliphatic rings. The van der Waals surface area contributed by atoms with E-state index >= 15 is 0 Å². The molecule has 0 bridgehead atoms. The molecule has 6 nitrogen and oxygen atoms in total. The van der Waals surface area contributed by atoms with E-state index in [1.807, 2.05) is 24.3 Å². The summed E-state index contributed by atoms with van der Waals surface area (Å²) >= 11 is 1.81. The first-order chi connectivity index (χ1) is 16.9. The topological polar surface area (TPSA) is 74.7 Å². The van der Waals surface area contributed by atoms with Crippen molar-refractivity contribution in [2.45, 2.75) is 52.1 Å². The molecule has 0 radical (unpaired) electrons. The van der Waals surface area contributed by atoms with Crippen molar-refractivity contribution in [1.82, 2.24) is 15.2 Å². The lowest BCUT2D eigenvalue weighted by Gasteiger charge is -2.53. The van der Waals surface area contributed by atoms with E-state index in [0.29, 0.717) is 6.54 Å². The SMILES string of the molecule is C[C@H](C(=O)NCCN1CCOCC1)[C@@H]1CC[C@]2(C)Cc3sc(-c4ccccc4)nc3[C@H](C)[C@@H]2[C@H]1O. The third kappa shape index (κ3) is 4.93. The van der Waals surface area contributed by atoms with Gasteiger partial charge in [0.15, 0.2) is 0 Å². The Hall–Kier alpha value is -1.80. The van der Waals surface area contributed by atoms with Gasteiger partial charge in [-0.15, -0.1) is 11.3 Å². The van der Waals surface area contributed by atoms with Crippen LogP contribution >= 0.6 is 11.3 Å². The van der Waals surface area contributed by atoms with Crippen molar-refractivity contribution in [2.75, 3.05) is 39.4 Å². The Morgan fingerprint density at radius 3 is 2.80 bits per heavy atom. The third-order valence-electron chi connectivity index (χ3n) is 8.83. The number of hydrogen-bond donors (Lipinski definition) is 2. The smallest absolute Gasteiger partial charge is 0.223 e. The summed E-state index contributed by atoms with van der Waals surface area (Å²) < 4.78 is 5.40. The summed E-state index contributed by atoms with van der Waals surface area (Å²) in [6, 6.07) is 10.4. The standard InChI is InChI=1S/C28H39N3O3S/c1-18(26(33)29-11-12-31-13-15-34-16-14-31)21-9-10-28(3)17-22-24(19(2)23(28)25(21)32)30-27(35-22)20-7-5-4-6-8-20/h4-8,18-19,21,23,25,32H,9-17H2,1-3H3,(H,29,33)/t18-,19+,21-,23+,25-,28+/m0/s1. The number of morpholine rings is 1. The number of fused-ring (bicyclic) bond motifs is 2. The van der Waals surface area contributed by atoms with Gasteiger partial charge in [0.1, 0.15) is 5.01 Å². The molecule has 7 heteroatoms. The van der Waals surface area contributed by atoms with Gasteiger partial charge in [-0.3, -0.25) is 9.69 Å². The fourth-order valence-corrected chi connectivity index (χ4v) is 8.14. The summed E-state index contributed by atoms with van der Waals surface area (Å²) in [6.45, 7) is 11.5. The summed E-state index contributed by atoms with van der Waals surface area (Å²) in [4.78, 5) is 21.8. The van der Waals surface area contributed by atoms with E-state index in [0.717, 1.165) is 68.4 Å². The predicted molar refractivity (Wildman–Crippen MR) is 139 cm³/mol. The van der Waals surface area contributed by atoms with Crippen molar-refractivity contribution in [1.29, 1.82) is 0 Å². The van der Waals surface area contributed by atoms with E-state index < -0.39 is 6.10 Å². The summed E-state index contributed by atoms with van der Waals surface area (Å²) in [5.74, 6) is 0.126. The lowest BCUT2D eigenvalue weighted by molar-refractivity contribution is -0.134. The Morgan fingerprint density at radius 2 is 2.06 bits per heavy atom. The van der Waals surface area contributed by atoms with Crippen LogP contribution in [-0.2, 0) is 16.0 Å². The monoisotopic (exact) mass is 497 g/mol. The third-order valence-corrected chi connectivity index (χ3v) is 9.95. The highest BCUT2D eigenvalue weighted by Gasteiger charge is 2.53. The van der Waals surface area contributed by atoms with Gasteiger partial charge >= 0.3 is 0 Å². The van der Waals surface area contributed by atoms with Crippen LogP contribution in [0.2, 0.25) is 0 Å². The maximum absolute atomic E-state index is 13.0. The summed E-state index contributed by atoms with van der Waals surface area (Å²) in [7, 11) is 0. The molecule has 6 atom stereocenters. The molecule has 0 spiro atoms. The maximum Gasteiger partial charge on any atom is 0.223 e. The normalized spacial score (nSPS) is 31.9. The largest absolute Gasteiger partial charge is 0.392 e. The van der Waals surface area contributed by atoms with Gasteiger partial charge in [0, 0.05) is 48.5 Å². The quantitative estimate of drug-likeness (QED) is 0.632. The number of benzene rings is 1. The van der Waals surface area contributed by atoms with Crippen LogP contribution in [0.3, 0.4) is 0 Å². The molecule has 1 aromatic carbocycles. The lowest BCUT2D eigenvalue weighted by Crippen LogP contribution is -2.53. The van der Waals surface area contributed by atoms with Crippen LogP contribution in [0.1, 0.15) is 50.1 Å². The van der Waals surface area contributed by atoms with Crippen molar-refractivity contribution < 1.29 is 14.6 Å². The second kappa shape index (κ2) is 10.3. The first-order valence-corrected chi connectivity index (χ1v) is 14.0. The first-order valence-electron chi connectivity index (χ1n) is 13.2. The molecule has 1 saturated carbocycles. The van der Waals surface area contributed by atoms with E-state index in [9.17, 15) is 9.90 Å².